The van der Waals surface area contributed by atoms with E-state index in [9.17, 15) is 14.7 Å². The lowest BCUT2D eigenvalue weighted by molar-refractivity contribution is -0.219. The molecule has 5 heteroatoms. The van der Waals surface area contributed by atoms with Gasteiger partial charge in [-0.05, 0) is 104 Å². The molecule has 0 spiro atoms. The summed E-state index contributed by atoms with van der Waals surface area (Å²) in [6.07, 6.45) is 9.61. The second-order valence-corrected chi connectivity index (χ2v) is 12.8. The van der Waals surface area contributed by atoms with E-state index in [1.165, 1.54) is 32.6 Å². The van der Waals surface area contributed by atoms with E-state index in [2.05, 4.69) is 27.7 Å². The molecule has 0 amide bonds. The molecule has 4 aliphatic rings. The summed E-state index contributed by atoms with van der Waals surface area (Å²) in [6, 6.07) is 0. The van der Waals surface area contributed by atoms with Gasteiger partial charge >= 0.3 is 11.9 Å². The van der Waals surface area contributed by atoms with Crippen LogP contribution in [0.3, 0.4) is 0 Å². The Hall–Kier alpha value is -1.10. The van der Waals surface area contributed by atoms with Crippen LogP contribution in [-0.4, -0.2) is 35.9 Å². The molecule has 4 rings (SSSR count). The Morgan fingerprint density at radius 2 is 1.59 bits per heavy atom. The van der Waals surface area contributed by atoms with Gasteiger partial charge in [-0.2, -0.15) is 0 Å². The lowest BCUT2D eigenvalue weighted by atomic mass is 9.41. The van der Waals surface area contributed by atoms with Crippen LogP contribution in [0, 0.1) is 52.3 Å². The van der Waals surface area contributed by atoms with Crippen LogP contribution in [0.5, 0.6) is 0 Å². The molecular weight excluding hydrogens is 428 g/mol. The van der Waals surface area contributed by atoms with Crippen molar-refractivity contribution in [2.45, 2.75) is 112 Å². The predicted octanol–water partition coefficient (Wildman–Crippen LogP) is 5.77. The van der Waals surface area contributed by atoms with Crippen molar-refractivity contribution < 1.29 is 24.2 Å². The van der Waals surface area contributed by atoms with Crippen LogP contribution in [-0.2, 0) is 19.1 Å². The third-order valence-corrected chi connectivity index (χ3v) is 11.3. The lowest BCUT2D eigenvalue weighted by Gasteiger charge is -2.65. The molecule has 194 valence electrons. The zero-order valence-electron chi connectivity index (χ0n) is 22.3. The first-order chi connectivity index (χ1) is 16.1. The van der Waals surface area contributed by atoms with Crippen molar-refractivity contribution in [3.63, 3.8) is 0 Å². The largest absolute Gasteiger partial charge is 0.463 e. The van der Waals surface area contributed by atoms with Crippen LogP contribution in [0.1, 0.15) is 99.3 Å². The maximum atomic E-state index is 12.4. The fourth-order valence-electron chi connectivity index (χ4n) is 9.98. The highest BCUT2D eigenvalue weighted by molar-refractivity contribution is 5.66. The Balaban J connectivity index is 1.70. The van der Waals surface area contributed by atoms with Gasteiger partial charge in [-0.1, -0.05) is 27.7 Å². The summed E-state index contributed by atoms with van der Waals surface area (Å²) in [4.78, 5) is 24.1. The number of aliphatic hydroxyl groups excluding tert-OH is 1. The SMILES string of the molecule is CCC1C(OC(C)=O)C2C3CCC(C(C)CCO)C3(C)CCC2C2(C)CCC(OC(C)=O)CC12. The minimum atomic E-state index is -0.186. The van der Waals surface area contributed by atoms with Gasteiger partial charge in [0.15, 0.2) is 0 Å². The van der Waals surface area contributed by atoms with Gasteiger partial charge in [0.1, 0.15) is 12.2 Å². The molecule has 0 aromatic heterocycles. The molecule has 34 heavy (non-hydrogen) atoms. The third kappa shape index (κ3) is 4.22. The number of fused-ring (bicyclic) bond motifs is 5. The quantitative estimate of drug-likeness (QED) is 0.493. The van der Waals surface area contributed by atoms with Crippen LogP contribution < -0.4 is 0 Å². The first-order valence-corrected chi connectivity index (χ1v) is 14.0. The topological polar surface area (TPSA) is 72.8 Å². The first kappa shape index (κ1) is 26.0. The van der Waals surface area contributed by atoms with Gasteiger partial charge in [0.05, 0.1) is 0 Å². The zero-order valence-corrected chi connectivity index (χ0v) is 22.3. The first-order valence-electron chi connectivity index (χ1n) is 14.0. The highest BCUT2D eigenvalue weighted by Crippen LogP contribution is 2.70. The van der Waals surface area contributed by atoms with Crippen molar-refractivity contribution in [3.05, 3.63) is 0 Å². The van der Waals surface area contributed by atoms with E-state index in [0.29, 0.717) is 41.4 Å². The van der Waals surface area contributed by atoms with Gasteiger partial charge < -0.3 is 14.6 Å². The Bertz CT molecular complexity index is 766. The van der Waals surface area contributed by atoms with Gasteiger partial charge in [0, 0.05) is 26.4 Å². The second-order valence-electron chi connectivity index (χ2n) is 12.8. The molecule has 0 radical (unpaired) electrons. The molecule has 4 saturated carbocycles. The number of ether oxygens (including phenoxy) is 2. The molecule has 11 unspecified atom stereocenters. The fraction of sp³-hybridized carbons (Fsp3) is 0.931. The second kappa shape index (κ2) is 9.75. The third-order valence-electron chi connectivity index (χ3n) is 11.3. The van der Waals surface area contributed by atoms with Crippen molar-refractivity contribution in [2.75, 3.05) is 6.61 Å². The standard InChI is InChI=1S/C29H48O5/c1-7-21-25-16-20(33-18(3)31)10-13-29(25,6)24-11-14-28(5)22(17(2)12-15-30)8-9-23(28)26(24)27(21)34-19(4)32/h17,20-27,30H,7-16H2,1-6H3. The molecule has 0 aromatic rings. The lowest BCUT2D eigenvalue weighted by Crippen LogP contribution is -2.63. The molecule has 0 aromatic carbocycles. The molecule has 1 N–H and O–H groups in total. The van der Waals surface area contributed by atoms with Gasteiger partial charge in [0.2, 0.25) is 0 Å². The summed E-state index contributed by atoms with van der Waals surface area (Å²) < 4.78 is 12.0. The van der Waals surface area contributed by atoms with Crippen molar-refractivity contribution in [3.8, 4) is 0 Å². The molecule has 0 bridgehead atoms. The van der Waals surface area contributed by atoms with E-state index in [-0.39, 0.29) is 41.6 Å². The monoisotopic (exact) mass is 476 g/mol. The Kier molecular flexibility index (Phi) is 7.45. The maximum absolute atomic E-state index is 12.4. The minimum absolute atomic E-state index is 0.0109. The van der Waals surface area contributed by atoms with Crippen LogP contribution in [0.4, 0.5) is 0 Å². The molecule has 4 fully saturated rings. The van der Waals surface area contributed by atoms with Gasteiger partial charge in [-0.3, -0.25) is 9.59 Å². The fourth-order valence-corrected chi connectivity index (χ4v) is 9.98. The van der Waals surface area contributed by atoms with E-state index in [1.54, 1.807) is 6.92 Å². The summed E-state index contributed by atoms with van der Waals surface area (Å²) in [5.41, 5.74) is 0.458. The smallest absolute Gasteiger partial charge is 0.302 e. The highest BCUT2D eigenvalue weighted by Gasteiger charge is 2.66. The normalized spacial score (nSPS) is 46.6. The van der Waals surface area contributed by atoms with Gasteiger partial charge in [-0.15, -0.1) is 0 Å². The summed E-state index contributed by atoms with van der Waals surface area (Å²) in [7, 11) is 0. The molecule has 0 heterocycles. The molecule has 4 aliphatic carbocycles. The molecule has 11 atom stereocenters. The number of hydrogen-bond donors (Lipinski definition) is 1. The summed E-state index contributed by atoms with van der Waals surface area (Å²) in [6.45, 7) is 12.9. The number of aliphatic hydroxyl groups is 1. The number of rotatable bonds is 6. The molecule has 5 nitrogen and oxygen atoms in total. The Labute approximate surface area is 206 Å². The summed E-state index contributed by atoms with van der Waals surface area (Å²) >= 11 is 0. The van der Waals surface area contributed by atoms with Gasteiger partial charge in [0.25, 0.3) is 0 Å². The molecule has 0 aliphatic heterocycles. The average molecular weight is 477 g/mol. The average Bonchev–Trinajstić information content (AvgIpc) is 3.11. The van der Waals surface area contributed by atoms with E-state index < -0.39 is 0 Å². The van der Waals surface area contributed by atoms with Crippen LogP contribution in [0.2, 0.25) is 0 Å². The predicted molar refractivity (Wildman–Crippen MR) is 132 cm³/mol. The highest BCUT2D eigenvalue weighted by atomic mass is 16.5. The minimum Gasteiger partial charge on any atom is -0.463 e. The Morgan fingerprint density at radius 1 is 0.941 bits per heavy atom. The number of carbonyl (C=O) groups excluding carboxylic acids is 2. The summed E-state index contributed by atoms with van der Waals surface area (Å²) in [5.74, 6) is 3.06. The van der Waals surface area contributed by atoms with Crippen molar-refractivity contribution in [1.82, 2.24) is 0 Å². The van der Waals surface area contributed by atoms with Crippen LogP contribution in [0.15, 0.2) is 0 Å². The van der Waals surface area contributed by atoms with E-state index >= 15 is 0 Å². The van der Waals surface area contributed by atoms with E-state index in [0.717, 1.165) is 32.1 Å². The number of carbonyl (C=O) groups is 2. The Morgan fingerprint density at radius 3 is 2.21 bits per heavy atom. The molecule has 0 saturated heterocycles. The number of esters is 2. The number of hydrogen-bond acceptors (Lipinski definition) is 5. The van der Waals surface area contributed by atoms with Crippen molar-refractivity contribution in [1.29, 1.82) is 0 Å². The van der Waals surface area contributed by atoms with Gasteiger partial charge in [-0.25, -0.2) is 0 Å². The van der Waals surface area contributed by atoms with E-state index in [1.807, 2.05) is 0 Å². The van der Waals surface area contributed by atoms with Crippen molar-refractivity contribution >= 4 is 11.9 Å². The molecular formula is C29H48O5. The summed E-state index contributed by atoms with van der Waals surface area (Å²) in [5, 5.41) is 9.62. The zero-order chi connectivity index (χ0) is 24.8. The van der Waals surface area contributed by atoms with Crippen molar-refractivity contribution in [2.24, 2.45) is 52.3 Å². The maximum Gasteiger partial charge on any atom is 0.302 e. The van der Waals surface area contributed by atoms with E-state index in [4.69, 9.17) is 9.47 Å². The van der Waals surface area contributed by atoms with Crippen LogP contribution in [0.25, 0.3) is 0 Å². The van der Waals surface area contributed by atoms with Crippen LogP contribution >= 0.6 is 0 Å².